The Morgan fingerprint density at radius 1 is 1.31 bits per heavy atom. The molecule has 0 amide bonds. The predicted molar refractivity (Wildman–Crippen MR) is 68.4 cm³/mol. The lowest BCUT2D eigenvalue weighted by Gasteiger charge is -2.23. The summed E-state index contributed by atoms with van der Waals surface area (Å²) in [6.45, 7) is 8.99. The maximum atomic E-state index is 4.19. The predicted octanol–water partition coefficient (Wildman–Crippen LogP) is 2.38. The second kappa shape index (κ2) is 6.04. The summed E-state index contributed by atoms with van der Waals surface area (Å²) in [7, 11) is 2.01. The maximum absolute atomic E-state index is 4.19. The number of hydrogen-bond donors (Lipinski definition) is 1. The van der Waals surface area contributed by atoms with Crippen molar-refractivity contribution in [1.82, 2.24) is 15.1 Å². The molecule has 0 aliphatic heterocycles. The topological polar surface area (TPSA) is 29.9 Å². The summed E-state index contributed by atoms with van der Waals surface area (Å²) in [5, 5.41) is 7.75. The SMILES string of the molecule is CC(C)NC(C)C(C)CCc1ccnn1C. The van der Waals surface area contributed by atoms with Crippen LogP contribution in [0.4, 0.5) is 0 Å². The zero-order chi connectivity index (χ0) is 12.1. The Morgan fingerprint density at radius 3 is 2.50 bits per heavy atom. The number of hydrogen-bond acceptors (Lipinski definition) is 2. The first-order valence-electron chi connectivity index (χ1n) is 6.23. The quantitative estimate of drug-likeness (QED) is 0.802. The number of nitrogens with zero attached hydrogens (tertiary/aromatic N) is 2. The van der Waals surface area contributed by atoms with Crippen LogP contribution >= 0.6 is 0 Å². The highest BCUT2D eigenvalue weighted by Gasteiger charge is 2.13. The van der Waals surface area contributed by atoms with Gasteiger partial charge in [0.25, 0.3) is 0 Å². The molecule has 3 heteroatoms. The van der Waals surface area contributed by atoms with Gasteiger partial charge in [-0.05, 0) is 31.7 Å². The highest BCUT2D eigenvalue weighted by molar-refractivity contribution is 5.00. The summed E-state index contributed by atoms with van der Waals surface area (Å²) >= 11 is 0. The number of rotatable bonds is 6. The largest absolute Gasteiger partial charge is 0.312 e. The van der Waals surface area contributed by atoms with E-state index in [-0.39, 0.29) is 0 Å². The van der Waals surface area contributed by atoms with Crippen LogP contribution in [-0.2, 0) is 13.5 Å². The van der Waals surface area contributed by atoms with Crippen LogP contribution < -0.4 is 5.32 Å². The highest BCUT2D eigenvalue weighted by Crippen LogP contribution is 2.12. The van der Waals surface area contributed by atoms with E-state index < -0.39 is 0 Å². The van der Waals surface area contributed by atoms with E-state index in [0.717, 1.165) is 6.42 Å². The Bertz CT molecular complexity index is 304. The lowest BCUT2D eigenvalue weighted by Crippen LogP contribution is -2.37. The van der Waals surface area contributed by atoms with Crippen molar-refractivity contribution in [2.75, 3.05) is 0 Å². The summed E-state index contributed by atoms with van der Waals surface area (Å²) in [6, 6.07) is 3.25. The molecular weight excluding hydrogens is 198 g/mol. The molecule has 0 aliphatic rings. The third kappa shape index (κ3) is 3.97. The molecule has 16 heavy (non-hydrogen) atoms. The molecule has 1 aromatic heterocycles. The van der Waals surface area contributed by atoms with Gasteiger partial charge in [-0.15, -0.1) is 0 Å². The fourth-order valence-corrected chi connectivity index (χ4v) is 1.96. The Balaban J connectivity index is 2.35. The monoisotopic (exact) mass is 223 g/mol. The minimum atomic E-state index is 0.564. The van der Waals surface area contributed by atoms with Gasteiger partial charge in [-0.3, -0.25) is 4.68 Å². The zero-order valence-electron chi connectivity index (χ0n) is 11.2. The Labute approximate surface area is 99.2 Å². The molecule has 1 N–H and O–H groups in total. The molecule has 1 rings (SSSR count). The van der Waals surface area contributed by atoms with Crippen LogP contribution in [0, 0.1) is 5.92 Å². The average Bonchev–Trinajstić information content (AvgIpc) is 2.59. The number of aromatic nitrogens is 2. The normalized spacial score (nSPS) is 15.4. The van der Waals surface area contributed by atoms with Crippen molar-refractivity contribution in [2.24, 2.45) is 13.0 Å². The number of aryl methyl sites for hydroxylation is 2. The van der Waals surface area contributed by atoms with Gasteiger partial charge in [0.1, 0.15) is 0 Å². The molecule has 0 radical (unpaired) electrons. The van der Waals surface area contributed by atoms with Gasteiger partial charge < -0.3 is 5.32 Å². The van der Waals surface area contributed by atoms with Crippen LogP contribution in [0.25, 0.3) is 0 Å². The molecule has 3 nitrogen and oxygen atoms in total. The van der Waals surface area contributed by atoms with Crippen molar-refractivity contribution >= 4 is 0 Å². The molecular formula is C13H25N3. The average molecular weight is 223 g/mol. The molecule has 0 saturated heterocycles. The fraction of sp³-hybridized carbons (Fsp3) is 0.769. The Hall–Kier alpha value is -0.830. The van der Waals surface area contributed by atoms with E-state index in [0.29, 0.717) is 18.0 Å². The van der Waals surface area contributed by atoms with Gasteiger partial charge >= 0.3 is 0 Å². The van der Waals surface area contributed by atoms with Gasteiger partial charge in [0.2, 0.25) is 0 Å². The first-order valence-corrected chi connectivity index (χ1v) is 6.23. The van der Waals surface area contributed by atoms with Gasteiger partial charge in [0.05, 0.1) is 0 Å². The van der Waals surface area contributed by atoms with Crippen molar-refractivity contribution in [2.45, 2.75) is 52.6 Å². The standard InChI is InChI=1S/C13H25N3/c1-10(2)15-12(4)11(3)6-7-13-8-9-14-16(13)5/h8-12,15H,6-7H2,1-5H3. The molecule has 2 unspecified atom stereocenters. The fourth-order valence-electron chi connectivity index (χ4n) is 1.96. The van der Waals surface area contributed by atoms with Crippen molar-refractivity contribution in [1.29, 1.82) is 0 Å². The minimum Gasteiger partial charge on any atom is -0.312 e. The van der Waals surface area contributed by atoms with Crippen LogP contribution in [0.3, 0.4) is 0 Å². The molecule has 2 atom stereocenters. The maximum Gasteiger partial charge on any atom is 0.0492 e. The van der Waals surface area contributed by atoms with Crippen LogP contribution in [0.2, 0.25) is 0 Å². The smallest absolute Gasteiger partial charge is 0.0492 e. The van der Waals surface area contributed by atoms with E-state index in [1.54, 1.807) is 0 Å². The summed E-state index contributed by atoms with van der Waals surface area (Å²) in [5.41, 5.74) is 1.32. The molecule has 0 spiro atoms. The molecule has 92 valence electrons. The van der Waals surface area contributed by atoms with E-state index >= 15 is 0 Å². The summed E-state index contributed by atoms with van der Waals surface area (Å²) < 4.78 is 1.97. The Morgan fingerprint density at radius 2 is 2.00 bits per heavy atom. The zero-order valence-corrected chi connectivity index (χ0v) is 11.2. The summed E-state index contributed by atoms with van der Waals surface area (Å²) in [4.78, 5) is 0. The third-order valence-corrected chi connectivity index (χ3v) is 3.23. The van der Waals surface area contributed by atoms with Gasteiger partial charge in [0, 0.05) is 31.0 Å². The molecule has 0 aliphatic carbocycles. The summed E-state index contributed by atoms with van der Waals surface area (Å²) in [5.74, 6) is 0.692. The van der Waals surface area contributed by atoms with Crippen molar-refractivity contribution < 1.29 is 0 Å². The van der Waals surface area contributed by atoms with E-state index in [1.807, 2.05) is 17.9 Å². The van der Waals surface area contributed by atoms with Crippen LogP contribution in [0.1, 0.15) is 39.8 Å². The van der Waals surface area contributed by atoms with Gasteiger partial charge in [-0.2, -0.15) is 5.10 Å². The van der Waals surface area contributed by atoms with E-state index in [4.69, 9.17) is 0 Å². The van der Waals surface area contributed by atoms with Crippen molar-refractivity contribution in [3.05, 3.63) is 18.0 Å². The van der Waals surface area contributed by atoms with Gasteiger partial charge in [0.15, 0.2) is 0 Å². The lowest BCUT2D eigenvalue weighted by atomic mass is 9.96. The third-order valence-electron chi connectivity index (χ3n) is 3.23. The molecule has 1 heterocycles. The molecule has 0 bridgehead atoms. The minimum absolute atomic E-state index is 0.564. The first-order chi connectivity index (χ1) is 7.50. The van der Waals surface area contributed by atoms with E-state index in [2.05, 4.69) is 44.2 Å². The van der Waals surface area contributed by atoms with E-state index in [1.165, 1.54) is 12.1 Å². The van der Waals surface area contributed by atoms with E-state index in [9.17, 15) is 0 Å². The molecule has 0 aromatic carbocycles. The molecule has 0 saturated carbocycles. The van der Waals surface area contributed by atoms with Crippen LogP contribution in [-0.4, -0.2) is 21.9 Å². The first kappa shape index (κ1) is 13.2. The second-order valence-electron chi connectivity index (χ2n) is 5.07. The highest BCUT2D eigenvalue weighted by atomic mass is 15.2. The molecule has 1 aromatic rings. The van der Waals surface area contributed by atoms with Crippen molar-refractivity contribution in [3.63, 3.8) is 0 Å². The van der Waals surface area contributed by atoms with Crippen LogP contribution in [0.15, 0.2) is 12.3 Å². The summed E-state index contributed by atoms with van der Waals surface area (Å²) in [6.07, 6.45) is 4.19. The van der Waals surface area contributed by atoms with Crippen molar-refractivity contribution in [3.8, 4) is 0 Å². The lowest BCUT2D eigenvalue weighted by molar-refractivity contribution is 0.354. The van der Waals surface area contributed by atoms with Gasteiger partial charge in [-0.25, -0.2) is 0 Å². The number of nitrogens with one attached hydrogen (secondary N) is 1. The van der Waals surface area contributed by atoms with Gasteiger partial charge in [-0.1, -0.05) is 20.8 Å². The van der Waals surface area contributed by atoms with Crippen LogP contribution in [0.5, 0.6) is 0 Å². The Kier molecular flexibility index (Phi) is 5.00. The second-order valence-corrected chi connectivity index (χ2v) is 5.07. The molecule has 0 fully saturated rings.